The molecule has 0 aliphatic heterocycles. The van der Waals surface area contributed by atoms with E-state index in [2.05, 4.69) is 20.5 Å². The van der Waals surface area contributed by atoms with Gasteiger partial charge in [0.2, 0.25) is 0 Å². The molecule has 1 aromatic heterocycles. The van der Waals surface area contributed by atoms with Crippen LogP contribution in [-0.4, -0.2) is 31.8 Å². The van der Waals surface area contributed by atoms with E-state index in [0.29, 0.717) is 11.1 Å². The number of anilines is 1. The lowest BCUT2D eigenvalue weighted by Gasteiger charge is -2.18. The van der Waals surface area contributed by atoms with Crippen LogP contribution in [0.4, 0.5) is 16.4 Å². The SMILES string of the molecule is Cc1cccc(-c2nc(NC(=O)OC(C)(C)C)n[nH]2)c1[N+](=O)[O-]. The van der Waals surface area contributed by atoms with E-state index in [9.17, 15) is 14.9 Å². The molecule has 2 rings (SSSR count). The zero-order chi connectivity index (χ0) is 17.2. The number of carbonyl (C=O) groups is 1. The molecule has 122 valence electrons. The minimum atomic E-state index is -0.707. The number of aromatic nitrogens is 3. The van der Waals surface area contributed by atoms with Gasteiger partial charge in [-0.3, -0.25) is 20.5 Å². The third-order valence-corrected chi connectivity index (χ3v) is 2.77. The van der Waals surface area contributed by atoms with Gasteiger partial charge in [-0.15, -0.1) is 5.10 Å². The monoisotopic (exact) mass is 319 g/mol. The molecule has 0 atom stereocenters. The summed E-state index contributed by atoms with van der Waals surface area (Å²) in [6.07, 6.45) is -0.707. The van der Waals surface area contributed by atoms with Crippen LogP contribution in [-0.2, 0) is 4.74 Å². The Kier molecular flexibility index (Phi) is 4.30. The van der Waals surface area contributed by atoms with Crippen molar-refractivity contribution in [3.05, 3.63) is 33.9 Å². The smallest absolute Gasteiger partial charge is 0.414 e. The standard InChI is InChI=1S/C14H17N5O4/c1-8-6-5-7-9(10(8)19(21)22)11-15-12(18-17-11)16-13(20)23-14(2,3)4/h5-7H,1-4H3,(H2,15,16,17,18,20). The highest BCUT2D eigenvalue weighted by Gasteiger charge is 2.22. The average molecular weight is 319 g/mol. The van der Waals surface area contributed by atoms with Gasteiger partial charge in [0.25, 0.3) is 11.6 Å². The quantitative estimate of drug-likeness (QED) is 0.662. The van der Waals surface area contributed by atoms with Gasteiger partial charge in [0.05, 0.1) is 10.5 Å². The van der Waals surface area contributed by atoms with Gasteiger partial charge in [0.15, 0.2) is 5.82 Å². The Morgan fingerprint density at radius 2 is 2.09 bits per heavy atom. The molecular weight excluding hydrogens is 302 g/mol. The van der Waals surface area contributed by atoms with Gasteiger partial charge in [0, 0.05) is 5.56 Å². The van der Waals surface area contributed by atoms with Crippen molar-refractivity contribution in [2.75, 3.05) is 5.32 Å². The Morgan fingerprint density at radius 1 is 1.39 bits per heavy atom. The Morgan fingerprint density at radius 3 is 2.70 bits per heavy atom. The first-order chi connectivity index (χ1) is 10.7. The van der Waals surface area contributed by atoms with Gasteiger partial charge in [0.1, 0.15) is 5.60 Å². The molecule has 1 aromatic carbocycles. The van der Waals surface area contributed by atoms with Crippen molar-refractivity contribution in [1.29, 1.82) is 0 Å². The van der Waals surface area contributed by atoms with Crippen LogP contribution in [0.1, 0.15) is 26.3 Å². The molecule has 9 nitrogen and oxygen atoms in total. The van der Waals surface area contributed by atoms with Gasteiger partial charge < -0.3 is 4.74 Å². The first-order valence-electron chi connectivity index (χ1n) is 6.84. The molecule has 0 aliphatic carbocycles. The van der Waals surface area contributed by atoms with Gasteiger partial charge in [-0.1, -0.05) is 12.1 Å². The van der Waals surface area contributed by atoms with Crippen molar-refractivity contribution in [2.24, 2.45) is 0 Å². The number of nitrogens with one attached hydrogen (secondary N) is 2. The fraction of sp³-hybridized carbons (Fsp3) is 0.357. The van der Waals surface area contributed by atoms with Crippen molar-refractivity contribution < 1.29 is 14.5 Å². The maximum absolute atomic E-state index is 11.7. The number of amides is 1. The number of aromatic amines is 1. The van der Waals surface area contributed by atoms with Crippen LogP contribution in [0.5, 0.6) is 0 Å². The third-order valence-electron chi connectivity index (χ3n) is 2.77. The number of H-pyrrole nitrogens is 1. The minimum absolute atomic E-state index is 0.0231. The number of rotatable bonds is 3. The second-order valence-electron chi connectivity index (χ2n) is 5.86. The van der Waals surface area contributed by atoms with Crippen molar-refractivity contribution in [3.8, 4) is 11.4 Å². The fourth-order valence-corrected chi connectivity index (χ4v) is 1.93. The maximum atomic E-state index is 11.7. The summed E-state index contributed by atoms with van der Waals surface area (Å²) in [6.45, 7) is 6.82. The summed E-state index contributed by atoms with van der Waals surface area (Å²) in [5.41, 5.74) is 0.0798. The average Bonchev–Trinajstić information content (AvgIpc) is 2.83. The molecule has 0 spiro atoms. The van der Waals surface area contributed by atoms with E-state index in [4.69, 9.17) is 4.74 Å². The predicted molar refractivity (Wildman–Crippen MR) is 83.1 cm³/mol. The van der Waals surface area contributed by atoms with Crippen LogP contribution >= 0.6 is 0 Å². The zero-order valence-electron chi connectivity index (χ0n) is 13.2. The Hall–Kier alpha value is -2.97. The molecule has 0 bridgehead atoms. The number of carbonyl (C=O) groups excluding carboxylic acids is 1. The predicted octanol–water partition coefficient (Wildman–Crippen LogP) is 3.04. The zero-order valence-corrected chi connectivity index (χ0v) is 13.2. The molecule has 1 heterocycles. The minimum Gasteiger partial charge on any atom is -0.444 e. The highest BCUT2D eigenvalue weighted by Crippen LogP contribution is 2.30. The summed E-state index contributed by atoms with van der Waals surface area (Å²) >= 11 is 0. The Balaban J connectivity index is 2.25. The van der Waals surface area contributed by atoms with Crippen LogP contribution in [0, 0.1) is 17.0 Å². The number of nitro benzene ring substituents is 1. The topological polar surface area (TPSA) is 123 Å². The number of para-hydroxylation sites is 1. The number of nitrogens with zero attached hydrogens (tertiary/aromatic N) is 3. The Labute approximate surface area is 132 Å². The molecule has 9 heteroatoms. The van der Waals surface area contributed by atoms with E-state index in [1.165, 1.54) is 0 Å². The highest BCUT2D eigenvalue weighted by molar-refractivity contribution is 5.83. The van der Waals surface area contributed by atoms with Crippen molar-refractivity contribution in [1.82, 2.24) is 15.2 Å². The van der Waals surface area contributed by atoms with Gasteiger partial charge in [-0.2, -0.15) is 4.98 Å². The molecule has 0 aliphatic rings. The number of nitro groups is 1. The van der Waals surface area contributed by atoms with E-state index >= 15 is 0 Å². The van der Waals surface area contributed by atoms with Crippen molar-refractivity contribution in [2.45, 2.75) is 33.3 Å². The lowest BCUT2D eigenvalue weighted by molar-refractivity contribution is -0.384. The molecule has 2 aromatic rings. The van der Waals surface area contributed by atoms with Gasteiger partial charge in [-0.05, 0) is 33.8 Å². The van der Waals surface area contributed by atoms with Gasteiger partial charge in [-0.25, -0.2) is 4.79 Å². The van der Waals surface area contributed by atoms with Crippen LogP contribution in [0.25, 0.3) is 11.4 Å². The molecule has 0 radical (unpaired) electrons. The fourth-order valence-electron chi connectivity index (χ4n) is 1.93. The Bertz CT molecular complexity index is 748. The van der Waals surface area contributed by atoms with E-state index < -0.39 is 16.6 Å². The second-order valence-corrected chi connectivity index (χ2v) is 5.86. The van der Waals surface area contributed by atoms with Crippen molar-refractivity contribution >= 4 is 17.7 Å². The molecule has 0 saturated carbocycles. The summed E-state index contributed by atoms with van der Waals surface area (Å²) in [6, 6.07) is 4.88. The summed E-state index contributed by atoms with van der Waals surface area (Å²) in [4.78, 5) is 26.5. The third kappa shape index (κ3) is 4.02. The molecule has 0 unspecified atom stereocenters. The number of hydrogen-bond acceptors (Lipinski definition) is 6. The summed E-state index contributed by atoms with van der Waals surface area (Å²) < 4.78 is 5.09. The summed E-state index contributed by atoms with van der Waals surface area (Å²) in [5, 5.41) is 20.0. The molecule has 0 fully saturated rings. The maximum Gasteiger partial charge on any atom is 0.414 e. The summed E-state index contributed by atoms with van der Waals surface area (Å²) in [5.74, 6) is 0.163. The highest BCUT2D eigenvalue weighted by atomic mass is 16.6. The van der Waals surface area contributed by atoms with E-state index in [1.54, 1.807) is 45.9 Å². The number of aryl methyl sites for hydroxylation is 1. The lowest BCUT2D eigenvalue weighted by atomic mass is 10.1. The first-order valence-corrected chi connectivity index (χ1v) is 6.84. The van der Waals surface area contributed by atoms with E-state index in [0.717, 1.165) is 0 Å². The van der Waals surface area contributed by atoms with E-state index in [1.807, 2.05) is 0 Å². The van der Waals surface area contributed by atoms with Crippen LogP contribution in [0.15, 0.2) is 18.2 Å². The first kappa shape index (κ1) is 16.4. The molecule has 2 N–H and O–H groups in total. The van der Waals surface area contributed by atoms with Crippen LogP contribution in [0.3, 0.4) is 0 Å². The number of benzene rings is 1. The van der Waals surface area contributed by atoms with E-state index in [-0.39, 0.29) is 17.5 Å². The summed E-state index contributed by atoms with van der Waals surface area (Å²) in [7, 11) is 0. The van der Waals surface area contributed by atoms with Crippen molar-refractivity contribution in [3.63, 3.8) is 0 Å². The largest absolute Gasteiger partial charge is 0.444 e. The lowest BCUT2D eigenvalue weighted by Crippen LogP contribution is -2.27. The molecule has 1 amide bonds. The number of hydrogen-bond donors (Lipinski definition) is 2. The van der Waals surface area contributed by atoms with Crippen LogP contribution < -0.4 is 5.32 Å². The molecular formula is C14H17N5O4. The van der Waals surface area contributed by atoms with Gasteiger partial charge >= 0.3 is 6.09 Å². The number of ether oxygens (including phenoxy) is 1. The molecule has 23 heavy (non-hydrogen) atoms. The second kappa shape index (κ2) is 6.03. The molecule has 0 saturated heterocycles. The van der Waals surface area contributed by atoms with Crippen LogP contribution in [0.2, 0.25) is 0 Å². The normalized spacial score (nSPS) is 11.1.